The molecule has 0 atom stereocenters. The molecule has 5 nitrogen and oxygen atoms in total. The van der Waals surface area contributed by atoms with E-state index in [1.165, 1.54) is 24.5 Å². The highest BCUT2D eigenvalue weighted by atomic mass is 35.5. The van der Waals surface area contributed by atoms with E-state index in [4.69, 9.17) is 21.4 Å². The first-order valence-electron chi connectivity index (χ1n) is 5.70. The molecule has 0 saturated heterocycles. The van der Waals surface area contributed by atoms with Crippen molar-refractivity contribution in [2.75, 3.05) is 7.11 Å². The Balaban J connectivity index is 2.59. The van der Waals surface area contributed by atoms with Crippen molar-refractivity contribution >= 4 is 38.7 Å². The van der Waals surface area contributed by atoms with E-state index in [9.17, 15) is 13.2 Å². The van der Waals surface area contributed by atoms with Gasteiger partial charge in [-0.25, -0.2) is 13.2 Å². The highest BCUT2D eigenvalue weighted by Gasteiger charge is 2.26. The first kappa shape index (κ1) is 15.8. The van der Waals surface area contributed by atoms with Crippen LogP contribution in [0.15, 0.2) is 33.9 Å². The highest BCUT2D eigenvalue weighted by molar-refractivity contribution is 7.90. The Kier molecular flexibility index (Phi) is 4.55. The van der Waals surface area contributed by atoms with Gasteiger partial charge in [-0.3, -0.25) is 0 Å². The molecule has 0 aliphatic heterocycles. The molecule has 0 radical (unpaired) electrons. The zero-order valence-corrected chi connectivity index (χ0v) is 13.3. The number of methoxy groups -OCH3 is 1. The fourth-order valence-electron chi connectivity index (χ4n) is 1.84. The predicted molar refractivity (Wildman–Crippen MR) is 80.2 cm³/mol. The van der Waals surface area contributed by atoms with Gasteiger partial charge in [-0.15, -0.1) is 0 Å². The van der Waals surface area contributed by atoms with Crippen molar-refractivity contribution < 1.29 is 23.1 Å². The second-order valence-corrected chi connectivity index (χ2v) is 7.36. The van der Waals surface area contributed by atoms with Crippen molar-refractivity contribution in [1.29, 1.82) is 0 Å². The number of carboxylic acids is 1. The number of hydrogen-bond acceptors (Lipinski definition) is 5. The molecule has 21 heavy (non-hydrogen) atoms. The second kappa shape index (κ2) is 6.05. The van der Waals surface area contributed by atoms with E-state index in [1.54, 1.807) is 16.8 Å². The normalized spacial score (nSPS) is 11.3. The molecule has 0 spiro atoms. The smallest absolute Gasteiger partial charge is 0.339 e. The SMILES string of the molecule is COc1c(C(=O)O)cc(Cl)cc1S(=O)(=O)Cc1ccsc1. The Morgan fingerprint density at radius 3 is 2.67 bits per heavy atom. The molecule has 2 aromatic rings. The van der Waals surface area contributed by atoms with Crippen molar-refractivity contribution in [1.82, 2.24) is 0 Å². The molecule has 0 aliphatic carbocycles. The molecule has 0 fully saturated rings. The summed E-state index contributed by atoms with van der Waals surface area (Å²) >= 11 is 7.21. The van der Waals surface area contributed by atoms with Gasteiger partial charge in [0.1, 0.15) is 10.5 Å². The molecule has 8 heteroatoms. The Morgan fingerprint density at radius 1 is 1.43 bits per heavy atom. The number of aromatic carboxylic acids is 1. The average molecular weight is 347 g/mol. The van der Waals surface area contributed by atoms with Gasteiger partial charge in [-0.2, -0.15) is 11.3 Å². The first-order chi connectivity index (χ1) is 9.85. The summed E-state index contributed by atoms with van der Waals surface area (Å²) in [4.78, 5) is 11.0. The minimum atomic E-state index is -3.77. The lowest BCUT2D eigenvalue weighted by atomic mass is 10.2. The van der Waals surface area contributed by atoms with Crippen LogP contribution in [0, 0.1) is 0 Å². The van der Waals surface area contributed by atoms with Gasteiger partial charge in [0.15, 0.2) is 15.6 Å². The summed E-state index contributed by atoms with van der Waals surface area (Å²) in [6, 6.07) is 4.05. The van der Waals surface area contributed by atoms with Crippen LogP contribution in [0.2, 0.25) is 5.02 Å². The van der Waals surface area contributed by atoms with Gasteiger partial charge in [0.25, 0.3) is 0 Å². The zero-order valence-electron chi connectivity index (χ0n) is 10.9. The minimum absolute atomic E-state index is 0.0251. The number of carboxylic acid groups (broad SMARTS) is 1. The summed E-state index contributed by atoms with van der Waals surface area (Å²) in [6.45, 7) is 0. The van der Waals surface area contributed by atoms with E-state index < -0.39 is 15.8 Å². The van der Waals surface area contributed by atoms with Crippen LogP contribution in [0.5, 0.6) is 5.75 Å². The summed E-state index contributed by atoms with van der Waals surface area (Å²) < 4.78 is 29.9. The molecule has 1 aromatic carbocycles. The van der Waals surface area contributed by atoms with E-state index in [-0.39, 0.29) is 27.0 Å². The second-order valence-electron chi connectivity index (χ2n) is 4.18. The third-order valence-corrected chi connectivity index (χ3v) is 5.36. The highest BCUT2D eigenvalue weighted by Crippen LogP contribution is 2.33. The number of thiophene rings is 1. The minimum Gasteiger partial charge on any atom is -0.494 e. The van der Waals surface area contributed by atoms with E-state index in [2.05, 4.69) is 0 Å². The predicted octanol–water partition coefficient (Wildman–Crippen LogP) is 3.08. The van der Waals surface area contributed by atoms with E-state index in [0.717, 1.165) is 6.07 Å². The largest absolute Gasteiger partial charge is 0.494 e. The van der Waals surface area contributed by atoms with Gasteiger partial charge >= 0.3 is 5.97 Å². The van der Waals surface area contributed by atoms with E-state index >= 15 is 0 Å². The average Bonchev–Trinajstić information content (AvgIpc) is 2.89. The number of hydrogen-bond donors (Lipinski definition) is 1. The van der Waals surface area contributed by atoms with Crippen LogP contribution >= 0.6 is 22.9 Å². The third kappa shape index (κ3) is 3.37. The first-order valence-corrected chi connectivity index (χ1v) is 8.67. The van der Waals surface area contributed by atoms with Crippen LogP contribution in [-0.4, -0.2) is 26.6 Å². The fraction of sp³-hybridized carbons (Fsp3) is 0.154. The van der Waals surface area contributed by atoms with Gasteiger partial charge in [-0.05, 0) is 34.5 Å². The number of carbonyl (C=O) groups is 1. The lowest BCUT2D eigenvalue weighted by molar-refractivity contribution is 0.0693. The molecular weight excluding hydrogens is 336 g/mol. The summed E-state index contributed by atoms with van der Waals surface area (Å²) in [5, 5.41) is 12.6. The van der Waals surface area contributed by atoms with Gasteiger partial charge in [0.05, 0.1) is 12.9 Å². The Labute approximate surface area is 130 Å². The molecular formula is C13H11ClO5S2. The third-order valence-electron chi connectivity index (χ3n) is 2.73. The maximum atomic E-state index is 12.5. The van der Waals surface area contributed by atoms with Gasteiger partial charge in [0, 0.05) is 5.02 Å². The number of sulfone groups is 1. The van der Waals surface area contributed by atoms with Crippen LogP contribution in [0.1, 0.15) is 15.9 Å². The van der Waals surface area contributed by atoms with Gasteiger partial charge < -0.3 is 9.84 Å². The quantitative estimate of drug-likeness (QED) is 0.899. The van der Waals surface area contributed by atoms with Crippen LogP contribution in [0.4, 0.5) is 0 Å². The molecule has 1 aromatic heterocycles. The van der Waals surface area contributed by atoms with Crippen molar-refractivity contribution in [2.24, 2.45) is 0 Å². The van der Waals surface area contributed by atoms with Crippen molar-refractivity contribution in [3.63, 3.8) is 0 Å². The van der Waals surface area contributed by atoms with Crippen LogP contribution < -0.4 is 4.74 Å². The Morgan fingerprint density at radius 2 is 2.14 bits per heavy atom. The molecule has 2 rings (SSSR count). The van der Waals surface area contributed by atoms with Gasteiger partial charge in [-0.1, -0.05) is 11.6 Å². The maximum absolute atomic E-state index is 12.5. The van der Waals surface area contributed by atoms with Gasteiger partial charge in [0.2, 0.25) is 0 Å². The molecule has 0 amide bonds. The van der Waals surface area contributed by atoms with Crippen molar-refractivity contribution in [3.8, 4) is 5.75 Å². The molecule has 112 valence electrons. The van der Waals surface area contributed by atoms with E-state index in [1.807, 2.05) is 0 Å². The zero-order chi connectivity index (χ0) is 15.6. The monoisotopic (exact) mass is 346 g/mol. The molecule has 1 N–H and O–H groups in total. The summed E-state index contributed by atoms with van der Waals surface area (Å²) in [5.41, 5.74) is 0.341. The molecule has 0 saturated carbocycles. The lowest BCUT2D eigenvalue weighted by Gasteiger charge is -2.12. The number of ether oxygens (including phenoxy) is 1. The molecule has 0 unspecified atom stereocenters. The summed E-state index contributed by atoms with van der Waals surface area (Å²) in [7, 11) is -2.55. The maximum Gasteiger partial charge on any atom is 0.339 e. The van der Waals surface area contributed by atoms with Crippen molar-refractivity contribution in [2.45, 2.75) is 10.6 Å². The van der Waals surface area contributed by atoms with Crippen LogP contribution in [0.3, 0.4) is 0 Å². The lowest BCUT2D eigenvalue weighted by Crippen LogP contribution is -2.10. The van der Waals surface area contributed by atoms with E-state index in [0.29, 0.717) is 5.56 Å². The Bertz CT molecular complexity index is 766. The number of benzene rings is 1. The molecule has 0 aliphatic rings. The molecule has 1 heterocycles. The van der Waals surface area contributed by atoms with Crippen molar-refractivity contribution in [3.05, 3.63) is 45.1 Å². The standard InChI is InChI=1S/C13H11ClO5S2/c1-19-12-10(13(15)16)4-9(14)5-11(12)21(17,18)7-8-2-3-20-6-8/h2-6H,7H2,1H3,(H,15,16). The summed E-state index contributed by atoms with van der Waals surface area (Å²) in [6.07, 6.45) is 0. The van der Waals surface area contributed by atoms with Crippen LogP contribution in [-0.2, 0) is 15.6 Å². The van der Waals surface area contributed by atoms with Crippen LogP contribution in [0.25, 0.3) is 0 Å². The Hall–Kier alpha value is -1.57. The number of halogens is 1. The fourth-order valence-corrected chi connectivity index (χ4v) is 4.45. The topological polar surface area (TPSA) is 80.7 Å². The molecule has 0 bridgehead atoms. The number of rotatable bonds is 5. The summed E-state index contributed by atoms with van der Waals surface area (Å²) in [5.74, 6) is -1.75.